The molecule has 0 radical (unpaired) electrons. The largest absolute Gasteiger partial charge is 0.497 e. The van der Waals surface area contributed by atoms with E-state index in [9.17, 15) is 9.59 Å². The Labute approximate surface area is 132 Å². The number of ether oxygens (including phenoxy) is 1. The standard InChI is InChI=1S/C16H14ClNO4/c1-22-12-5-2-10(3-6-12)8-15(19)18-14-7-4-11(17)9-13(14)16(20)21/h2-7,9H,8H2,1H3,(H,18,19)(H,20,21). The van der Waals surface area contributed by atoms with Gasteiger partial charge in [0.2, 0.25) is 5.91 Å². The molecule has 2 aromatic carbocycles. The van der Waals surface area contributed by atoms with Crippen LogP contribution in [0.2, 0.25) is 5.02 Å². The van der Waals surface area contributed by atoms with Crippen molar-refractivity contribution in [3.63, 3.8) is 0 Å². The van der Waals surface area contributed by atoms with Gasteiger partial charge in [0.05, 0.1) is 24.8 Å². The summed E-state index contributed by atoms with van der Waals surface area (Å²) in [5.41, 5.74) is 0.968. The number of hydrogen-bond donors (Lipinski definition) is 2. The smallest absolute Gasteiger partial charge is 0.337 e. The fourth-order valence-corrected chi connectivity index (χ4v) is 2.10. The first-order chi connectivity index (χ1) is 10.5. The molecule has 0 aliphatic rings. The number of methoxy groups -OCH3 is 1. The summed E-state index contributed by atoms with van der Waals surface area (Å²) in [4.78, 5) is 23.2. The van der Waals surface area contributed by atoms with E-state index in [1.54, 1.807) is 31.4 Å². The minimum Gasteiger partial charge on any atom is -0.497 e. The summed E-state index contributed by atoms with van der Waals surface area (Å²) in [6.07, 6.45) is 0.131. The molecule has 0 saturated heterocycles. The minimum atomic E-state index is -1.15. The van der Waals surface area contributed by atoms with E-state index in [1.807, 2.05) is 0 Å². The molecule has 0 spiro atoms. The van der Waals surface area contributed by atoms with Crippen LogP contribution in [0.1, 0.15) is 15.9 Å². The second-order valence-corrected chi connectivity index (χ2v) is 5.00. The van der Waals surface area contributed by atoms with Gasteiger partial charge in [0.1, 0.15) is 5.75 Å². The Balaban J connectivity index is 2.10. The average molecular weight is 320 g/mol. The number of hydrogen-bond acceptors (Lipinski definition) is 3. The lowest BCUT2D eigenvalue weighted by Gasteiger charge is -2.09. The number of benzene rings is 2. The van der Waals surface area contributed by atoms with Crippen molar-refractivity contribution >= 4 is 29.2 Å². The number of anilines is 1. The lowest BCUT2D eigenvalue weighted by molar-refractivity contribution is -0.115. The number of nitrogens with one attached hydrogen (secondary N) is 1. The zero-order valence-corrected chi connectivity index (χ0v) is 12.6. The van der Waals surface area contributed by atoms with Gasteiger partial charge in [-0.25, -0.2) is 4.79 Å². The average Bonchev–Trinajstić information content (AvgIpc) is 2.49. The molecule has 2 aromatic rings. The number of carbonyl (C=O) groups is 2. The van der Waals surface area contributed by atoms with Gasteiger partial charge in [-0.1, -0.05) is 23.7 Å². The number of amides is 1. The highest BCUT2D eigenvalue weighted by molar-refractivity contribution is 6.31. The van der Waals surface area contributed by atoms with Gasteiger partial charge in [-0.15, -0.1) is 0 Å². The lowest BCUT2D eigenvalue weighted by atomic mass is 10.1. The molecule has 22 heavy (non-hydrogen) atoms. The summed E-state index contributed by atoms with van der Waals surface area (Å²) in [5.74, 6) is -0.757. The number of carboxylic acids is 1. The molecular weight excluding hydrogens is 306 g/mol. The van der Waals surface area contributed by atoms with Crippen molar-refractivity contribution in [1.82, 2.24) is 0 Å². The Morgan fingerprint density at radius 3 is 2.45 bits per heavy atom. The Bertz CT molecular complexity index is 698. The summed E-state index contributed by atoms with van der Waals surface area (Å²) in [6.45, 7) is 0. The first kappa shape index (κ1) is 15.9. The Morgan fingerprint density at radius 1 is 1.18 bits per heavy atom. The van der Waals surface area contributed by atoms with Crippen LogP contribution in [0.5, 0.6) is 5.75 Å². The van der Waals surface area contributed by atoms with E-state index >= 15 is 0 Å². The van der Waals surface area contributed by atoms with Crippen molar-refractivity contribution in [1.29, 1.82) is 0 Å². The van der Waals surface area contributed by atoms with Gasteiger partial charge in [0.25, 0.3) is 0 Å². The zero-order chi connectivity index (χ0) is 16.1. The van der Waals surface area contributed by atoms with Gasteiger partial charge in [-0.2, -0.15) is 0 Å². The molecule has 0 aliphatic heterocycles. The number of halogens is 1. The lowest BCUT2D eigenvalue weighted by Crippen LogP contribution is -2.16. The summed E-state index contributed by atoms with van der Waals surface area (Å²) in [7, 11) is 1.57. The molecule has 0 unspecified atom stereocenters. The van der Waals surface area contributed by atoms with Crippen LogP contribution in [0.25, 0.3) is 0 Å². The van der Waals surface area contributed by atoms with Crippen LogP contribution in [0, 0.1) is 0 Å². The SMILES string of the molecule is COc1ccc(CC(=O)Nc2ccc(Cl)cc2C(=O)O)cc1. The minimum absolute atomic E-state index is 0.0458. The van der Waals surface area contributed by atoms with E-state index < -0.39 is 5.97 Å². The van der Waals surface area contributed by atoms with Crippen LogP contribution in [0.15, 0.2) is 42.5 Å². The molecule has 0 fully saturated rings. The van der Waals surface area contributed by atoms with Crippen molar-refractivity contribution in [2.24, 2.45) is 0 Å². The molecule has 0 aromatic heterocycles. The van der Waals surface area contributed by atoms with E-state index in [2.05, 4.69) is 5.32 Å². The number of carboxylic acid groups (broad SMARTS) is 1. The van der Waals surface area contributed by atoms with Crippen LogP contribution >= 0.6 is 11.6 Å². The van der Waals surface area contributed by atoms with Crippen molar-refractivity contribution in [2.75, 3.05) is 12.4 Å². The quantitative estimate of drug-likeness (QED) is 0.887. The summed E-state index contributed by atoms with van der Waals surface area (Å²) in [5, 5.41) is 12.0. The summed E-state index contributed by atoms with van der Waals surface area (Å²) in [6, 6.07) is 11.4. The monoisotopic (exact) mass is 319 g/mol. The van der Waals surface area contributed by atoms with E-state index in [1.165, 1.54) is 18.2 Å². The van der Waals surface area contributed by atoms with Crippen LogP contribution < -0.4 is 10.1 Å². The first-order valence-electron chi connectivity index (χ1n) is 6.45. The van der Waals surface area contributed by atoms with Crippen LogP contribution in [0.4, 0.5) is 5.69 Å². The molecule has 0 atom stereocenters. The highest BCUT2D eigenvalue weighted by Gasteiger charge is 2.13. The van der Waals surface area contributed by atoms with Gasteiger partial charge >= 0.3 is 5.97 Å². The number of carbonyl (C=O) groups excluding carboxylic acids is 1. The maximum absolute atomic E-state index is 12.0. The maximum atomic E-state index is 12.0. The van der Waals surface area contributed by atoms with E-state index in [0.717, 1.165) is 5.56 Å². The van der Waals surface area contributed by atoms with Crippen molar-refractivity contribution in [3.05, 3.63) is 58.6 Å². The molecular formula is C16H14ClNO4. The van der Waals surface area contributed by atoms with Crippen molar-refractivity contribution < 1.29 is 19.4 Å². The molecule has 114 valence electrons. The fourth-order valence-electron chi connectivity index (χ4n) is 1.93. The van der Waals surface area contributed by atoms with Gasteiger partial charge < -0.3 is 15.2 Å². The molecule has 0 bridgehead atoms. The summed E-state index contributed by atoms with van der Waals surface area (Å²) < 4.78 is 5.04. The zero-order valence-electron chi connectivity index (χ0n) is 11.8. The van der Waals surface area contributed by atoms with Gasteiger partial charge in [-0.3, -0.25) is 4.79 Å². The predicted octanol–water partition coefficient (Wildman–Crippen LogP) is 3.23. The van der Waals surface area contributed by atoms with Crippen LogP contribution in [-0.4, -0.2) is 24.1 Å². The molecule has 2 rings (SSSR count). The first-order valence-corrected chi connectivity index (χ1v) is 6.83. The van der Waals surface area contributed by atoms with Gasteiger partial charge in [0.15, 0.2) is 0 Å². The predicted molar refractivity (Wildman–Crippen MR) is 83.7 cm³/mol. The third-order valence-electron chi connectivity index (χ3n) is 3.01. The van der Waals surface area contributed by atoms with E-state index in [4.69, 9.17) is 21.4 Å². The fraction of sp³-hybridized carbons (Fsp3) is 0.125. The van der Waals surface area contributed by atoms with Gasteiger partial charge in [-0.05, 0) is 35.9 Å². The molecule has 5 nitrogen and oxygen atoms in total. The summed E-state index contributed by atoms with van der Waals surface area (Å²) >= 11 is 5.77. The highest BCUT2D eigenvalue weighted by atomic mass is 35.5. The number of aromatic carboxylic acids is 1. The van der Waals surface area contributed by atoms with Crippen molar-refractivity contribution in [2.45, 2.75) is 6.42 Å². The Morgan fingerprint density at radius 2 is 1.86 bits per heavy atom. The third-order valence-corrected chi connectivity index (χ3v) is 3.24. The Hall–Kier alpha value is -2.53. The molecule has 0 aliphatic carbocycles. The molecule has 6 heteroatoms. The topological polar surface area (TPSA) is 75.6 Å². The van der Waals surface area contributed by atoms with Crippen LogP contribution in [-0.2, 0) is 11.2 Å². The molecule has 0 saturated carbocycles. The number of rotatable bonds is 5. The normalized spacial score (nSPS) is 10.1. The molecule has 2 N–H and O–H groups in total. The molecule has 1 amide bonds. The Kier molecular flexibility index (Phi) is 5.01. The van der Waals surface area contributed by atoms with E-state index in [0.29, 0.717) is 10.8 Å². The van der Waals surface area contributed by atoms with Crippen molar-refractivity contribution in [3.8, 4) is 5.75 Å². The third kappa shape index (κ3) is 3.99. The maximum Gasteiger partial charge on any atom is 0.337 e. The second-order valence-electron chi connectivity index (χ2n) is 4.57. The second kappa shape index (κ2) is 6.95. The van der Waals surface area contributed by atoms with E-state index in [-0.39, 0.29) is 23.6 Å². The molecule has 0 heterocycles. The highest BCUT2D eigenvalue weighted by Crippen LogP contribution is 2.21. The van der Waals surface area contributed by atoms with Gasteiger partial charge in [0, 0.05) is 5.02 Å². The van der Waals surface area contributed by atoms with Crippen LogP contribution in [0.3, 0.4) is 0 Å².